The summed E-state index contributed by atoms with van der Waals surface area (Å²) in [4.78, 5) is 27.3. The minimum atomic E-state index is -0.453. The van der Waals surface area contributed by atoms with E-state index >= 15 is 0 Å². The molecule has 0 atom stereocenters. The SMILES string of the molecule is O=C1C(=O)C(c2ccccc2)=C(c2ccccc2)C(c2ccccc2)=C1Cc1ccccc1. The quantitative estimate of drug-likeness (QED) is 0.272. The Labute approximate surface area is 193 Å². The van der Waals surface area contributed by atoms with Crippen LogP contribution in [-0.4, -0.2) is 11.6 Å². The van der Waals surface area contributed by atoms with Crippen LogP contribution < -0.4 is 0 Å². The van der Waals surface area contributed by atoms with Gasteiger partial charge in [0.2, 0.25) is 11.6 Å². The normalized spacial score (nSPS) is 14.1. The molecule has 4 aromatic rings. The van der Waals surface area contributed by atoms with Gasteiger partial charge in [0.05, 0.1) is 0 Å². The van der Waals surface area contributed by atoms with Crippen molar-refractivity contribution in [3.05, 3.63) is 149 Å². The highest BCUT2D eigenvalue weighted by molar-refractivity contribution is 6.65. The Kier molecular flexibility index (Phi) is 5.65. The van der Waals surface area contributed by atoms with Crippen molar-refractivity contribution in [3.8, 4) is 0 Å². The number of carbonyl (C=O) groups is 2. The molecule has 0 radical (unpaired) electrons. The van der Waals surface area contributed by atoms with Crippen LogP contribution in [0.5, 0.6) is 0 Å². The lowest BCUT2D eigenvalue weighted by atomic mass is 9.74. The zero-order chi connectivity index (χ0) is 22.6. The van der Waals surface area contributed by atoms with Gasteiger partial charge < -0.3 is 0 Å². The van der Waals surface area contributed by atoms with E-state index in [0.717, 1.165) is 33.4 Å². The van der Waals surface area contributed by atoms with Gasteiger partial charge in [-0.1, -0.05) is 121 Å². The summed E-state index contributed by atoms with van der Waals surface area (Å²) in [6.07, 6.45) is 0.397. The number of benzene rings is 4. The van der Waals surface area contributed by atoms with Crippen LogP contribution in [0.4, 0.5) is 0 Å². The number of ketones is 2. The van der Waals surface area contributed by atoms with Crippen LogP contribution in [0.15, 0.2) is 127 Å². The lowest BCUT2D eigenvalue weighted by Gasteiger charge is -2.26. The van der Waals surface area contributed by atoms with Crippen molar-refractivity contribution in [2.24, 2.45) is 0 Å². The van der Waals surface area contributed by atoms with E-state index in [1.165, 1.54) is 0 Å². The smallest absolute Gasteiger partial charge is 0.234 e. The van der Waals surface area contributed by atoms with E-state index in [1.807, 2.05) is 121 Å². The maximum atomic E-state index is 13.6. The van der Waals surface area contributed by atoms with Gasteiger partial charge in [-0.2, -0.15) is 0 Å². The van der Waals surface area contributed by atoms with Crippen LogP contribution in [0.1, 0.15) is 22.3 Å². The van der Waals surface area contributed by atoms with E-state index in [1.54, 1.807) is 0 Å². The monoisotopic (exact) mass is 426 g/mol. The molecular formula is C31H22O2. The van der Waals surface area contributed by atoms with Gasteiger partial charge in [-0.05, 0) is 27.8 Å². The van der Waals surface area contributed by atoms with Crippen molar-refractivity contribution < 1.29 is 9.59 Å². The highest BCUT2D eigenvalue weighted by atomic mass is 16.2. The number of Topliss-reactive ketones (excluding diaryl/α,β-unsaturated/α-hetero) is 2. The molecule has 0 unspecified atom stereocenters. The Balaban J connectivity index is 1.87. The van der Waals surface area contributed by atoms with E-state index in [0.29, 0.717) is 17.6 Å². The molecule has 0 saturated carbocycles. The van der Waals surface area contributed by atoms with Gasteiger partial charge >= 0.3 is 0 Å². The molecular weight excluding hydrogens is 404 g/mol. The van der Waals surface area contributed by atoms with Crippen LogP contribution in [0.3, 0.4) is 0 Å². The molecule has 1 aliphatic rings. The summed E-state index contributed by atoms with van der Waals surface area (Å²) in [7, 11) is 0. The first-order valence-corrected chi connectivity index (χ1v) is 11.0. The largest absolute Gasteiger partial charge is 0.285 e. The predicted octanol–water partition coefficient (Wildman–Crippen LogP) is 6.45. The molecule has 0 aromatic heterocycles. The van der Waals surface area contributed by atoms with Gasteiger partial charge in [-0.3, -0.25) is 9.59 Å². The average Bonchev–Trinajstić information content (AvgIpc) is 2.89. The maximum absolute atomic E-state index is 13.6. The maximum Gasteiger partial charge on any atom is 0.234 e. The first-order valence-electron chi connectivity index (χ1n) is 11.0. The highest BCUT2D eigenvalue weighted by Gasteiger charge is 2.36. The van der Waals surface area contributed by atoms with Gasteiger partial charge in [-0.15, -0.1) is 0 Å². The van der Waals surface area contributed by atoms with Gasteiger partial charge in [0.25, 0.3) is 0 Å². The lowest BCUT2D eigenvalue weighted by molar-refractivity contribution is -0.131. The zero-order valence-corrected chi connectivity index (χ0v) is 18.1. The molecule has 0 fully saturated rings. The molecule has 0 spiro atoms. The summed E-state index contributed by atoms with van der Waals surface area (Å²) in [5, 5.41) is 0. The van der Waals surface area contributed by atoms with E-state index in [4.69, 9.17) is 0 Å². The Bertz CT molecular complexity index is 1360. The fourth-order valence-corrected chi connectivity index (χ4v) is 4.42. The number of carbonyl (C=O) groups excluding carboxylic acids is 2. The third-order valence-electron chi connectivity index (χ3n) is 5.92. The molecule has 33 heavy (non-hydrogen) atoms. The number of rotatable bonds is 5. The van der Waals surface area contributed by atoms with Gasteiger partial charge in [0, 0.05) is 23.1 Å². The first kappa shape index (κ1) is 20.6. The van der Waals surface area contributed by atoms with Crippen LogP contribution in [0.2, 0.25) is 0 Å². The second-order valence-electron chi connectivity index (χ2n) is 8.02. The van der Waals surface area contributed by atoms with E-state index in [-0.39, 0.29) is 0 Å². The third-order valence-corrected chi connectivity index (χ3v) is 5.92. The summed E-state index contributed by atoms with van der Waals surface area (Å²) < 4.78 is 0. The van der Waals surface area contributed by atoms with Crippen molar-refractivity contribution in [2.45, 2.75) is 6.42 Å². The lowest BCUT2D eigenvalue weighted by Crippen LogP contribution is -2.26. The summed E-state index contributed by atoms with van der Waals surface area (Å²) in [6.45, 7) is 0. The van der Waals surface area contributed by atoms with Gasteiger partial charge in [0.1, 0.15) is 0 Å². The molecule has 158 valence electrons. The molecule has 5 rings (SSSR count). The summed E-state index contributed by atoms with van der Waals surface area (Å²) in [6, 6.07) is 39.1. The average molecular weight is 427 g/mol. The van der Waals surface area contributed by atoms with Crippen LogP contribution >= 0.6 is 0 Å². The fourth-order valence-electron chi connectivity index (χ4n) is 4.42. The molecule has 2 heteroatoms. The number of hydrogen-bond donors (Lipinski definition) is 0. The molecule has 0 N–H and O–H groups in total. The van der Waals surface area contributed by atoms with Crippen molar-refractivity contribution in [3.63, 3.8) is 0 Å². The zero-order valence-electron chi connectivity index (χ0n) is 18.1. The van der Waals surface area contributed by atoms with Crippen molar-refractivity contribution in [2.75, 3.05) is 0 Å². The summed E-state index contributed by atoms with van der Waals surface area (Å²) in [5.74, 6) is -0.887. The second kappa shape index (κ2) is 9.05. The van der Waals surface area contributed by atoms with Gasteiger partial charge in [-0.25, -0.2) is 0 Å². The summed E-state index contributed by atoms with van der Waals surface area (Å²) >= 11 is 0. The highest BCUT2D eigenvalue weighted by Crippen LogP contribution is 2.44. The fraction of sp³-hybridized carbons (Fsp3) is 0.0323. The minimum absolute atomic E-state index is 0.397. The van der Waals surface area contributed by atoms with Gasteiger partial charge in [0.15, 0.2) is 0 Å². The van der Waals surface area contributed by atoms with Crippen LogP contribution in [0.25, 0.3) is 16.7 Å². The molecule has 0 aliphatic heterocycles. The Hall–Kier alpha value is -4.30. The van der Waals surface area contributed by atoms with Crippen LogP contribution in [-0.2, 0) is 16.0 Å². The number of hydrogen-bond acceptors (Lipinski definition) is 2. The molecule has 0 amide bonds. The van der Waals surface area contributed by atoms with Crippen molar-refractivity contribution in [1.82, 2.24) is 0 Å². The molecule has 2 nitrogen and oxygen atoms in total. The minimum Gasteiger partial charge on any atom is -0.285 e. The Morgan fingerprint density at radius 1 is 0.394 bits per heavy atom. The molecule has 4 aromatic carbocycles. The van der Waals surface area contributed by atoms with E-state index < -0.39 is 11.6 Å². The first-order chi connectivity index (χ1) is 16.2. The molecule has 1 aliphatic carbocycles. The summed E-state index contributed by atoms with van der Waals surface area (Å²) in [5.41, 5.74) is 6.23. The second-order valence-corrected chi connectivity index (χ2v) is 8.02. The number of allylic oxidation sites excluding steroid dienone is 4. The Morgan fingerprint density at radius 3 is 1.27 bits per heavy atom. The molecule has 0 saturated heterocycles. The van der Waals surface area contributed by atoms with E-state index in [2.05, 4.69) is 0 Å². The molecule has 0 heterocycles. The molecule has 0 bridgehead atoms. The van der Waals surface area contributed by atoms with Crippen molar-refractivity contribution >= 4 is 28.3 Å². The van der Waals surface area contributed by atoms with E-state index in [9.17, 15) is 9.59 Å². The Morgan fingerprint density at radius 2 is 0.788 bits per heavy atom. The van der Waals surface area contributed by atoms with Crippen molar-refractivity contribution in [1.29, 1.82) is 0 Å². The predicted molar refractivity (Wildman–Crippen MR) is 133 cm³/mol. The standard InChI is InChI=1S/C31H22O2/c32-30-26(21-22-13-5-1-6-14-22)27(23-15-7-2-8-16-23)28(24-17-9-3-10-18-24)29(31(30)33)25-19-11-4-12-20-25/h1-20H,21H2. The third kappa shape index (κ3) is 3.99. The van der Waals surface area contributed by atoms with Crippen LogP contribution in [0, 0.1) is 0 Å². The topological polar surface area (TPSA) is 34.1 Å².